The summed E-state index contributed by atoms with van der Waals surface area (Å²) >= 11 is 0. The van der Waals surface area contributed by atoms with Crippen LogP contribution in [0.5, 0.6) is 0 Å². The minimum absolute atomic E-state index is 0. The van der Waals surface area contributed by atoms with Gasteiger partial charge in [-0.05, 0) is 51.4 Å². The Hall–Kier alpha value is 0.170. The first-order chi connectivity index (χ1) is 9.19. The van der Waals surface area contributed by atoms with E-state index in [0.717, 1.165) is 12.3 Å². The van der Waals surface area contributed by atoms with Crippen LogP contribution in [0.3, 0.4) is 0 Å². The number of aliphatic hydroxyl groups excluding tert-OH is 1. The minimum Gasteiger partial charge on any atom is -1.00 e. The van der Waals surface area contributed by atoms with E-state index in [1.165, 1.54) is 12.8 Å². The Kier molecular flexibility index (Phi) is 9.42. The van der Waals surface area contributed by atoms with Gasteiger partial charge in [0.2, 0.25) is 0 Å². The lowest BCUT2D eigenvalue weighted by molar-refractivity contribution is -0.0689. The lowest BCUT2D eigenvalue weighted by Crippen LogP contribution is -3.00. The molecule has 0 aromatic rings. The van der Waals surface area contributed by atoms with E-state index in [4.69, 9.17) is 4.74 Å². The molecule has 2 N–H and O–H groups in total. The summed E-state index contributed by atoms with van der Waals surface area (Å²) in [5, 5.41) is 13.4. The van der Waals surface area contributed by atoms with Crippen molar-refractivity contribution in [3.05, 3.63) is 0 Å². The molecule has 0 aromatic heterocycles. The van der Waals surface area contributed by atoms with Gasteiger partial charge in [0.15, 0.2) is 0 Å². The molecule has 1 saturated carbocycles. The second kappa shape index (κ2) is 9.34. The SMILES string of the molecule is CC1CCC(C(C)C)C(OCC(O)CNC(C)(C)C)C1.[Cl-]. The van der Waals surface area contributed by atoms with Crippen molar-refractivity contribution in [1.82, 2.24) is 5.32 Å². The Balaban J connectivity index is 0.00000400. The number of β-amino-alcohol motifs (C(OH)–C–C–N with tert-alkyl or cyclic N) is 1. The smallest absolute Gasteiger partial charge is 0.0898 e. The zero-order chi connectivity index (χ0) is 15.3. The summed E-state index contributed by atoms with van der Waals surface area (Å²) in [6, 6.07) is 0. The van der Waals surface area contributed by atoms with E-state index >= 15 is 0 Å². The number of hydrogen-bond donors (Lipinski definition) is 2. The highest BCUT2D eigenvalue weighted by molar-refractivity contribution is 4.82. The number of rotatable bonds is 6. The molecule has 0 radical (unpaired) electrons. The van der Waals surface area contributed by atoms with Crippen LogP contribution in [0.1, 0.15) is 60.8 Å². The third kappa shape index (κ3) is 8.39. The van der Waals surface area contributed by atoms with Crippen molar-refractivity contribution in [2.75, 3.05) is 13.2 Å². The first-order valence-corrected chi connectivity index (χ1v) is 8.23. The quantitative estimate of drug-likeness (QED) is 0.735. The van der Waals surface area contributed by atoms with Gasteiger partial charge >= 0.3 is 0 Å². The van der Waals surface area contributed by atoms with Crippen LogP contribution in [-0.2, 0) is 4.74 Å². The molecule has 0 heterocycles. The van der Waals surface area contributed by atoms with Crippen LogP contribution < -0.4 is 17.7 Å². The summed E-state index contributed by atoms with van der Waals surface area (Å²) in [5.41, 5.74) is 0.0425. The fraction of sp³-hybridized carbons (Fsp3) is 1.00. The Morgan fingerprint density at radius 3 is 2.38 bits per heavy atom. The van der Waals surface area contributed by atoms with Crippen LogP contribution in [0.4, 0.5) is 0 Å². The van der Waals surface area contributed by atoms with Gasteiger partial charge in [-0.25, -0.2) is 0 Å². The van der Waals surface area contributed by atoms with Crippen molar-refractivity contribution in [2.45, 2.75) is 78.6 Å². The maximum Gasteiger partial charge on any atom is 0.0898 e. The molecule has 0 bridgehead atoms. The van der Waals surface area contributed by atoms with Crippen molar-refractivity contribution >= 4 is 0 Å². The molecule has 4 unspecified atom stereocenters. The van der Waals surface area contributed by atoms with Gasteiger partial charge in [0, 0.05) is 12.1 Å². The molecule has 21 heavy (non-hydrogen) atoms. The molecule has 3 nitrogen and oxygen atoms in total. The second-order valence-corrected chi connectivity index (χ2v) is 7.98. The summed E-state index contributed by atoms with van der Waals surface area (Å²) in [5.74, 6) is 2.06. The molecular weight excluding hydrogens is 286 g/mol. The average Bonchev–Trinajstić information content (AvgIpc) is 2.32. The number of aliphatic hydroxyl groups is 1. The topological polar surface area (TPSA) is 41.5 Å². The highest BCUT2D eigenvalue weighted by Crippen LogP contribution is 2.35. The Morgan fingerprint density at radius 1 is 1.24 bits per heavy atom. The van der Waals surface area contributed by atoms with E-state index in [-0.39, 0.29) is 17.9 Å². The Bertz CT molecular complexity index is 278. The molecule has 1 rings (SSSR count). The Morgan fingerprint density at radius 2 is 1.86 bits per heavy atom. The fourth-order valence-electron chi connectivity index (χ4n) is 3.02. The molecule has 0 spiro atoms. The van der Waals surface area contributed by atoms with Crippen LogP contribution in [-0.4, -0.2) is 36.0 Å². The van der Waals surface area contributed by atoms with E-state index < -0.39 is 6.10 Å². The molecule has 0 saturated heterocycles. The van der Waals surface area contributed by atoms with Gasteiger partial charge in [0.05, 0.1) is 18.8 Å². The van der Waals surface area contributed by atoms with E-state index in [0.29, 0.717) is 31.1 Å². The van der Waals surface area contributed by atoms with Crippen molar-refractivity contribution < 1.29 is 22.3 Å². The molecule has 0 amide bonds. The largest absolute Gasteiger partial charge is 1.00 e. The number of nitrogens with one attached hydrogen (secondary N) is 1. The summed E-state index contributed by atoms with van der Waals surface area (Å²) in [6.45, 7) is 14.3. The third-order valence-corrected chi connectivity index (χ3v) is 4.33. The van der Waals surface area contributed by atoms with Crippen LogP contribution in [0, 0.1) is 17.8 Å². The second-order valence-electron chi connectivity index (χ2n) is 7.98. The first kappa shape index (κ1) is 21.2. The molecule has 0 aromatic carbocycles. The van der Waals surface area contributed by atoms with Gasteiger partial charge in [-0.2, -0.15) is 0 Å². The summed E-state index contributed by atoms with van der Waals surface area (Å²) in [7, 11) is 0. The third-order valence-electron chi connectivity index (χ3n) is 4.33. The number of ether oxygens (including phenoxy) is 1. The van der Waals surface area contributed by atoms with E-state index in [2.05, 4.69) is 46.9 Å². The van der Waals surface area contributed by atoms with Crippen LogP contribution in [0.15, 0.2) is 0 Å². The predicted molar refractivity (Wildman–Crippen MR) is 84.8 cm³/mol. The molecule has 4 heteroatoms. The Labute approximate surface area is 137 Å². The predicted octanol–water partition coefficient (Wildman–Crippen LogP) is 0.217. The average molecular weight is 321 g/mol. The zero-order valence-electron chi connectivity index (χ0n) is 14.7. The standard InChI is InChI=1S/C17H35NO2.ClH/c1-12(2)15-8-7-13(3)9-16(15)20-11-14(19)10-18-17(4,5)6;/h12-16,18-19H,7-11H2,1-6H3;1H/p-1. The number of hydrogen-bond acceptors (Lipinski definition) is 3. The monoisotopic (exact) mass is 320 g/mol. The number of halogens is 1. The van der Waals surface area contributed by atoms with E-state index in [9.17, 15) is 5.11 Å². The molecule has 128 valence electrons. The zero-order valence-corrected chi connectivity index (χ0v) is 15.4. The summed E-state index contributed by atoms with van der Waals surface area (Å²) < 4.78 is 6.06. The molecule has 1 aliphatic carbocycles. The highest BCUT2D eigenvalue weighted by atomic mass is 35.5. The van der Waals surface area contributed by atoms with Crippen LogP contribution in [0.2, 0.25) is 0 Å². The van der Waals surface area contributed by atoms with Crippen molar-refractivity contribution in [1.29, 1.82) is 0 Å². The van der Waals surface area contributed by atoms with Gasteiger partial charge in [-0.1, -0.05) is 27.2 Å². The fourth-order valence-corrected chi connectivity index (χ4v) is 3.02. The first-order valence-electron chi connectivity index (χ1n) is 8.23. The highest BCUT2D eigenvalue weighted by Gasteiger charge is 2.31. The normalized spacial score (nSPS) is 28.3. The van der Waals surface area contributed by atoms with Crippen LogP contribution in [0.25, 0.3) is 0 Å². The molecule has 0 aliphatic heterocycles. The molecular formula is C17H35ClNO2-. The minimum atomic E-state index is -0.417. The lowest BCUT2D eigenvalue weighted by atomic mass is 9.75. The molecule has 1 fully saturated rings. The maximum atomic E-state index is 10.0. The molecule has 4 atom stereocenters. The van der Waals surface area contributed by atoms with E-state index in [1.807, 2.05) is 0 Å². The van der Waals surface area contributed by atoms with Gasteiger partial charge < -0.3 is 27.6 Å². The van der Waals surface area contributed by atoms with Gasteiger partial charge in [-0.15, -0.1) is 0 Å². The van der Waals surface area contributed by atoms with Crippen LogP contribution >= 0.6 is 0 Å². The maximum absolute atomic E-state index is 10.0. The van der Waals surface area contributed by atoms with Crippen molar-refractivity contribution in [3.63, 3.8) is 0 Å². The van der Waals surface area contributed by atoms with Gasteiger partial charge in [0.1, 0.15) is 0 Å². The molecule has 1 aliphatic rings. The summed E-state index contributed by atoms with van der Waals surface area (Å²) in [6.07, 6.45) is 3.63. The summed E-state index contributed by atoms with van der Waals surface area (Å²) in [4.78, 5) is 0. The van der Waals surface area contributed by atoms with Gasteiger partial charge in [-0.3, -0.25) is 0 Å². The van der Waals surface area contributed by atoms with E-state index in [1.54, 1.807) is 0 Å². The van der Waals surface area contributed by atoms with Gasteiger partial charge in [0.25, 0.3) is 0 Å². The van der Waals surface area contributed by atoms with Crippen molar-refractivity contribution in [2.24, 2.45) is 17.8 Å². The lowest BCUT2D eigenvalue weighted by Gasteiger charge is -2.37. The van der Waals surface area contributed by atoms with Crippen molar-refractivity contribution in [3.8, 4) is 0 Å².